The van der Waals surface area contributed by atoms with Crippen molar-refractivity contribution in [2.75, 3.05) is 5.32 Å². The van der Waals surface area contributed by atoms with Crippen molar-refractivity contribution in [1.29, 1.82) is 0 Å². The third-order valence-electron chi connectivity index (χ3n) is 3.96. The predicted molar refractivity (Wildman–Crippen MR) is 84.7 cm³/mol. The van der Waals surface area contributed by atoms with E-state index in [9.17, 15) is 0 Å². The molecule has 1 nitrogen and oxygen atoms in total. The van der Waals surface area contributed by atoms with Crippen molar-refractivity contribution < 1.29 is 0 Å². The van der Waals surface area contributed by atoms with Crippen LogP contribution in [-0.2, 0) is 0 Å². The van der Waals surface area contributed by atoms with Crippen molar-refractivity contribution in [3.8, 4) is 0 Å². The molecule has 19 heavy (non-hydrogen) atoms. The Labute approximate surface area is 123 Å². The quantitative estimate of drug-likeness (QED) is 0.829. The first-order valence-corrected chi connectivity index (χ1v) is 7.60. The highest BCUT2D eigenvalue weighted by Crippen LogP contribution is 2.39. The zero-order valence-corrected chi connectivity index (χ0v) is 12.7. The molecule has 0 saturated heterocycles. The summed E-state index contributed by atoms with van der Waals surface area (Å²) in [6, 6.07) is 17.8. The van der Waals surface area contributed by atoms with E-state index >= 15 is 0 Å². The number of anilines is 1. The average Bonchev–Trinajstić information content (AvgIpc) is 2.39. The Morgan fingerprint density at radius 1 is 1.00 bits per heavy atom. The van der Waals surface area contributed by atoms with Crippen molar-refractivity contribution in [1.82, 2.24) is 0 Å². The summed E-state index contributed by atoms with van der Waals surface area (Å²) >= 11 is 3.66. The topological polar surface area (TPSA) is 12.0 Å². The van der Waals surface area contributed by atoms with Gasteiger partial charge in [-0.05, 0) is 58.8 Å². The number of hydrogen-bond donors (Lipinski definition) is 1. The summed E-state index contributed by atoms with van der Waals surface area (Å²) in [5.74, 6) is 0.724. The van der Waals surface area contributed by atoms with Crippen LogP contribution in [0.3, 0.4) is 0 Å². The summed E-state index contributed by atoms with van der Waals surface area (Å²) in [5, 5.41) is 3.64. The molecule has 0 bridgehead atoms. The van der Waals surface area contributed by atoms with Gasteiger partial charge >= 0.3 is 0 Å². The van der Waals surface area contributed by atoms with Gasteiger partial charge in [0.05, 0.1) is 0 Å². The van der Waals surface area contributed by atoms with E-state index in [-0.39, 0.29) is 0 Å². The zero-order valence-electron chi connectivity index (χ0n) is 11.1. The average molecular weight is 316 g/mol. The van der Waals surface area contributed by atoms with Crippen molar-refractivity contribution in [2.24, 2.45) is 0 Å². The second-order valence-corrected chi connectivity index (χ2v) is 6.15. The molecule has 0 amide bonds. The minimum atomic E-state index is 0.600. The van der Waals surface area contributed by atoms with Gasteiger partial charge in [-0.15, -0.1) is 0 Å². The molecule has 0 heterocycles. The molecule has 1 aliphatic carbocycles. The van der Waals surface area contributed by atoms with Crippen LogP contribution in [0.4, 0.5) is 5.69 Å². The van der Waals surface area contributed by atoms with Crippen LogP contribution >= 0.6 is 15.9 Å². The summed E-state index contributed by atoms with van der Waals surface area (Å²) in [6.45, 7) is 2.13. The van der Waals surface area contributed by atoms with Crippen LogP contribution in [0.15, 0.2) is 53.0 Å². The number of rotatable bonds is 3. The Kier molecular flexibility index (Phi) is 3.61. The van der Waals surface area contributed by atoms with Gasteiger partial charge in [-0.1, -0.05) is 42.5 Å². The molecule has 0 radical (unpaired) electrons. The lowest BCUT2D eigenvalue weighted by Gasteiger charge is -2.37. The van der Waals surface area contributed by atoms with Gasteiger partial charge in [0, 0.05) is 16.2 Å². The summed E-state index contributed by atoms with van der Waals surface area (Å²) in [7, 11) is 0. The minimum absolute atomic E-state index is 0.600. The van der Waals surface area contributed by atoms with Gasteiger partial charge in [-0.25, -0.2) is 0 Å². The highest BCUT2D eigenvalue weighted by atomic mass is 79.9. The van der Waals surface area contributed by atoms with Crippen LogP contribution < -0.4 is 5.32 Å². The molecule has 2 aromatic rings. The molecular formula is C17H18BrN. The van der Waals surface area contributed by atoms with E-state index in [1.807, 2.05) is 0 Å². The highest BCUT2D eigenvalue weighted by Gasteiger charge is 2.30. The van der Waals surface area contributed by atoms with E-state index in [2.05, 4.69) is 76.7 Å². The molecule has 0 aromatic heterocycles. The van der Waals surface area contributed by atoms with Crippen LogP contribution in [-0.4, -0.2) is 6.04 Å². The maximum Gasteiger partial charge on any atom is 0.0489 e. The summed E-state index contributed by atoms with van der Waals surface area (Å²) in [6.07, 6.45) is 2.45. The maximum absolute atomic E-state index is 3.66. The molecule has 98 valence electrons. The van der Waals surface area contributed by atoms with Crippen LogP contribution in [0.5, 0.6) is 0 Å². The smallest absolute Gasteiger partial charge is 0.0489 e. The SMILES string of the molecule is Cc1cccc(NC2CC(c3ccccc3)C2)c1Br. The molecule has 0 spiro atoms. The maximum atomic E-state index is 3.66. The summed E-state index contributed by atoms with van der Waals surface area (Å²) in [5.41, 5.74) is 3.98. The van der Waals surface area contributed by atoms with Gasteiger partial charge in [0.1, 0.15) is 0 Å². The fraction of sp³-hybridized carbons (Fsp3) is 0.294. The van der Waals surface area contributed by atoms with E-state index < -0.39 is 0 Å². The van der Waals surface area contributed by atoms with Crippen molar-refractivity contribution in [3.63, 3.8) is 0 Å². The van der Waals surface area contributed by atoms with Crippen LogP contribution in [0, 0.1) is 6.92 Å². The fourth-order valence-electron chi connectivity index (χ4n) is 2.71. The van der Waals surface area contributed by atoms with Gasteiger partial charge in [-0.3, -0.25) is 0 Å². The molecule has 1 saturated carbocycles. The Bertz CT molecular complexity index is 559. The van der Waals surface area contributed by atoms with Crippen molar-refractivity contribution in [3.05, 3.63) is 64.1 Å². The largest absolute Gasteiger partial charge is 0.381 e. The fourth-order valence-corrected chi connectivity index (χ4v) is 3.09. The first kappa shape index (κ1) is 12.7. The molecule has 2 aromatic carbocycles. The van der Waals surface area contributed by atoms with E-state index in [4.69, 9.17) is 0 Å². The predicted octanol–water partition coefficient (Wildman–Crippen LogP) is 5.12. The molecule has 3 rings (SSSR count). The van der Waals surface area contributed by atoms with Gasteiger partial charge in [0.25, 0.3) is 0 Å². The van der Waals surface area contributed by atoms with Gasteiger partial charge in [0.15, 0.2) is 0 Å². The van der Waals surface area contributed by atoms with Crippen molar-refractivity contribution in [2.45, 2.75) is 31.7 Å². The Balaban J connectivity index is 1.61. The van der Waals surface area contributed by atoms with Crippen molar-refractivity contribution >= 4 is 21.6 Å². The van der Waals surface area contributed by atoms with E-state index in [1.165, 1.54) is 34.1 Å². The number of benzene rings is 2. The lowest BCUT2D eigenvalue weighted by molar-refractivity contribution is 0.374. The van der Waals surface area contributed by atoms with E-state index in [0.29, 0.717) is 6.04 Å². The second kappa shape index (κ2) is 5.38. The third-order valence-corrected chi connectivity index (χ3v) is 5.01. The second-order valence-electron chi connectivity index (χ2n) is 5.36. The Hall–Kier alpha value is -1.28. The molecule has 1 N–H and O–H groups in total. The molecule has 0 unspecified atom stereocenters. The molecule has 1 fully saturated rings. The van der Waals surface area contributed by atoms with Gasteiger partial charge < -0.3 is 5.32 Å². The normalized spacial score (nSPS) is 21.8. The first-order chi connectivity index (χ1) is 9.24. The molecule has 0 atom stereocenters. The third kappa shape index (κ3) is 2.69. The first-order valence-electron chi connectivity index (χ1n) is 6.80. The molecular weight excluding hydrogens is 298 g/mol. The number of aryl methyl sites for hydroxylation is 1. The number of nitrogens with one attached hydrogen (secondary N) is 1. The standard InChI is InChI=1S/C17H18BrN/c1-12-6-5-9-16(17(12)18)19-15-10-14(11-15)13-7-3-2-4-8-13/h2-9,14-15,19H,10-11H2,1H3. The molecule has 1 aliphatic rings. The molecule has 0 aliphatic heterocycles. The summed E-state index contributed by atoms with van der Waals surface area (Å²) < 4.78 is 1.19. The van der Waals surface area contributed by atoms with Crippen LogP contribution in [0.2, 0.25) is 0 Å². The van der Waals surface area contributed by atoms with Crippen LogP contribution in [0.25, 0.3) is 0 Å². The lowest BCUT2D eigenvalue weighted by atomic mass is 9.76. The summed E-state index contributed by atoms with van der Waals surface area (Å²) in [4.78, 5) is 0. The van der Waals surface area contributed by atoms with Gasteiger partial charge in [-0.2, -0.15) is 0 Å². The number of hydrogen-bond acceptors (Lipinski definition) is 1. The zero-order chi connectivity index (χ0) is 13.2. The molecule has 2 heteroatoms. The monoisotopic (exact) mass is 315 g/mol. The number of halogens is 1. The van der Waals surface area contributed by atoms with Crippen LogP contribution in [0.1, 0.15) is 29.9 Å². The van der Waals surface area contributed by atoms with E-state index in [1.54, 1.807) is 0 Å². The lowest BCUT2D eigenvalue weighted by Crippen LogP contribution is -2.34. The van der Waals surface area contributed by atoms with Gasteiger partial charge in [0.2, 0.25) is 0 Å². The Morgan fingerprint density at radius 2 is 1.74 bits per heavy atom. The Morgan fingerprint density at radius 3 is 2.47 bits per heavy atom. The highest BCUT2D eigenvalue weighted by molar-refractivity contribution is 9.10. The minimum Gasteiger partial charge on any atom is -0.381 e. The van der Waals surface area contributed by atoms with E-state index in [0.717, 1.165) is 5.92 Å².